The highest BCUT2D eigenvalue weighted by molar-refractivity contribution is 7.91. The summed E-state index contributed by atoms with van der Waals surface area (Å²) in [6.45, 7) is 5.75. The van der Waals surface area contributed by atoms with E-state index in [9.17, 15) is 13.2 Å². The van der Waals surface area contributed by atoms with Crippen LogP contribution in [0.2, 0.25) is 0 Å². The molecule has 4 N–H and O–H groups in total. The Labute approximate surface area is 198 Å². The molecular weight excluding hydrogens is 454 g/mol. The predicted octanol–water partition coefficient (Wildman–Crippen LogP) is 3.02. The molecule has 0 bridgehead atoms. The Kier molecular flexibility index (Phi) is 6.01. The molecule has 0 radical (unpaired) electrons. The lowest BCUT2D eigenvalue weighted by Crippen LogP contribution is -2.48. The summed E-state index contributed by atoms with van der Waals surface area (Å²) in [7, 11) is -3.88. The number of anilines is 1. The van der Waals surface area contributed by atoms with Crippen LogP contribution in [-0.2, 0) is 10.2 Å². The first kappa shape index (κ1) is 23.2. The number of benzene rings is 2. The van der Waals surface area contributed by atoms with Crippen molar-refractivity contribution >= 4 is 27.6 Å². The zero-order valence-electron chi connectivity index (χ0n) is 19.0. The van der Waals surface area contributed by atoms with E-state index in [0.29, 0.717) is 22.6 Å². The Bertz CT molecular complexity index is 1400. The Balaban J connectivity index is 1.48. The molecule has 0 fully saturated rings. The molecule has 34 heavy (non-hydrogen) atoms. The standard InChI is InChI=1S/C24H25N5O4S/c1-15-6-4-7-16(12-15)19-13-17(10-11-26-19)23(30)27-24(2,3)14-33-20-9-5-8-18-21(20)22(25)29-34(31,32)28-18/h4-13,28H,14H2,1-3H3,(H2,25,29)(H,27,30). The second kappa shape index (κ2) is 8.79. The number of hydrogen-bond acceptors (Lipinski definition) is 6. The van der Waals surface area contributed by atoms with E-state index >= 15 is 0 Å². The van der Waals surface area contributed by atoms with E-state index in [-0.39, 0.29) is 24.0 Å². The van der Waals surface area contributed by atoms with Gasteiger partial charge in [-0.2, -0.15) is 8.42 Å². The number of hydrogen-bond donors (Lipinski definition) is 3. The molecule has 0 atom stereocenters. The van der Waals surface area contributed by atoms with Crippen LogP contribution in [0.1, 0.15) is 35.3 Å². The van der Waals surface area contributed by atoms with Gasteiger partial charge in [0.1, 0.15) is 12.4 Å². The number of carbonyl (C=O) groups is 1. The number of aromatic nitrogens is 1. The van der Waals surface area contributed by atoms with Gasteiger partial charge in [-0.25, -0.2) is 0 Å². The van der Waals surface area contributed by atoms with Crippen molar-refractivity contribution in [2.45, 2.75) is 26.3 Å². The van der Waals surface area contributed by atoms with Gasteiger partial charge in [-0.05, 0) is 51.1 Å². The Morgan fingerprint density at radius 1 is 1.15 bits per heavy atom. The molecule has 1 aromatic heterocycles. The summed E-state index contributed by atoms with van der Waals surface area (Å²) in [5, 5.41) is 2.97. The van der Waals surface area contributed by atoms with Crippen molar-refractivity contribution in [1.29, 1.82) is 0 Å². The lowest BCUT2D eigenvalue weighted by molar-refractivity contribution is 0.0880. The summed E-state index contributed by atoms with van der Waals surface area (Å²) in [6, 6.07) is 16.2. The summed E-state index contributed by atoms with van der Waals surface area (Å²) in [6.07, 6.45) is 1.61. The number of ether oxygens (including phenoxy) is 1. The lowest BCUT2D eigenvalue weighted by Gasteiger charge is -2.27. The van der Waals surface area contributed by atoms with Crippen LogP contribution in [0, 0.1) is 6.92 Å². The zero-order chi connectivity index (χ0) is 24.5. The predicted molar refractivity (Wildman–Crippen MR) is 131 cm³/mol. The van der Waals surface area contributed by atoms with Crippen molar-refractivity contribution in [3.63, 3.8) is 0 Å². The number of nitrogens with zero attached hydrogens (tertiary/aromatic N) is 2. The highest BCUT2D eigenvalue weighted by Crippen LogP contribution is 2.31. The van der Waals surface area contributed by atoms with Gasteiger partial charge in [-0.1, -0.05) is 29.8 Å². The van der Waals surface area contributed by atoms with Gasteiger partial charge in [0, 0.05) is 17.3 Å². The van der Waals surface area contributed by atoms with Gasteiger partial charge in [-0.3, -0.25) is 14.5 Å². The number of fused-ring (bicyclic) bond motifs is 1. The van der Waals surface area contributed by atoms with E-state index in [1.165, 1.54) is 0 Å². The maximum atomic E-state index is 13.0. The SMILES string of the molecule is Cc1cccc(-c2cc(C(=O)NC(C)(C)COc3cccc4c3C(N)=NS(=O)(=O)N4)ccn2)c1. The molecule has 3 aromatic rings. The fraction of sp³-hybridized carbons (Fsp3) is 0.208. The molecule has 1 amide bonds. The molecule has 0 saturated carbocycles. The zero-order valence-corrected chi connectivity index (χ0v) is 19.8. The smallest absolute Gasteiger partial charge is 0.344 e. The molecule has 0 spiro atoms. The first-order chi connectivity index (χ1) is 16.0. The molecule has 176 valence electrons. The summed E-state index contributed by atoms with van der Waals surface area (Å²) in [4.78, 5) is 17.4. The van der Waals surface area contributed by atoms with Crippen LogP contribution < -0.4 is 20.5 Å². The van der Waals surface area contributed by atoms with E-state index in [4.69, 9.17) is 10.5 Å². The minimum atomic E-state index is -3.88. The maximum absolute atomic E-state index is 13.0. The van der Waals surface area contributed by atoms with E-state index < -0.39 is 15.7 Å². The second-order valence-corrected chi connectivity index (χ2v) is 10.00. The monoisotopic (exact) mass is 479 g/mol. The normalized spacial score (nSPS) is 14.4. The largest absolute Gasteiger partial charge is 0.490 e. The van der Waals surface area contributed by atoms with Crippen molar-refractivity contribution in [2.75, 3.05) is 11.3 Å². The number of aryl methyl sites for hydroxylation is 1. The minimum Gasteiger partial charge on any atom is -0.490 e. The van der Waals surface area contributed by atoms with Crippen molar-refractivity contribution in [3.05, 3.63) is 77.5 Å². The molecule has 0 unspecified atom stereocenters. The van der Waals surface area contributed by atoms with Crippen LogP contribution in [0.15, 0.2) is 65.2 Å². The number of nitrogens with one attached hydrogen (secondary N) is 2. The van der Waals surface area contributed by atoms with E-state index in [1.54, 1.807) is 36.5 Å². The number of amides is 1. The van der Waals surface area contributed by atoms with Gasteiger partial charge in [0.2, 0.25) is 0 Å². The molecule has 4 rings (SSSR count). The van der Waals surface area contributed by atoms with Gasteiger partial charge < -0.3 is 15.8 Å². The highest BCUT2D eigenvalue weighted by atomic mass is 32.2. The topological polar surface area (TPSA) is 136 Å². The van der Waals surface area contributed by atoms with Crippen LogP contribution in [-0.4, -0.2) is 37.3 Å². The quantitative estimate of drug-likeness (QED) is 0.497. The van der Waals surface area contributed by atoms with Gasteiger partial charge >= 0.3 is 10.2 Å². The van der Waals surface area contributed by atoms with Crippen LogP contribution in [0.3, 0.4) is 0 Å². The molecule has 10 heteroatoms. The third-order valence-corrected chi connectivity index (χ3v) is 6.03. The summed E-state index contributed by atoms with van der Waals surface area (Å²) < 4.78 is 35.3. The van der Waals surface area contributed by atoms with Gasteiger partial charge in [0.15, 0.2) is 5.84 Å². The Morgan fingerprint density at radius 3 is 2.68 bits per heavy atom. The van der Waals surface area contributed by atoms with Crippen molar-refractivity contribution < 1.29 is 17.9 Å². The lowest BCUT2D eigenvalue weighted by atomic mass is 10.0. The van der Waals surface area contributed by atoms with Crippen LogP contribution >= 0.6 is 0 Å². The fourth-order valence-electron chi connectivity index (χ4n) is 3.55. The molecule has 0 saturated heterocycles. The highest BCUT2D eigenvalue weighted by Gasteiger charge is 2.27. The van der Waals surface area contributed by atoms with E-state index in [1.807, 2.05) is 45.0 Å². The van der Waals surface area contributed by atoms with Crippen LogP contribution in [0.25, 0.3) is 11.3 Å². The number of amidine groups is 1. The number of pyridine rings is 1. The van der Waals surface area contributed by atoms with Gasteiger partial charge in [0.05, 0.1) is 22.5 Å². The Morgan fingerprint density at radius 2 is 1.91 bits per heavy atom. The van der Waals surface area contributed by atoms with Crippen LogP contribution in [0.4, 0.5) is 5.69 Å². The van der Waals surface area contributed by atoms with E-state index in [2.05, 4.69) is 19.4 Å². The van der Waals surface area contributed by atoms with Crippen LogP contribution in [0.5, 0.6) is 5.75 Å². The molecule has 1 aliphatic heterocycles. The number of carbonyl (C=O) groups excluding carboxylic acids is 1. The first-order valence-electron chi connectivity index (χ1n) is 10.5. The molecule has 9 nitrogen and oxygen atoms in total. The second-order valence-electron chi connectivity index (χ2n) is 8.66. The summed E-state index contributed by atoms with van der Waals surface area (Å²) in [5.41, 5.74) is 8.97. The van der Waals surface area contributed by atoms with E-state index in [0.717, 1.165) is 11.1 Å². The number of rotatable bonds is 6. The average Bonchev–Trinajstić information content (AvgIpc) is 2.76. The van der Waals surface area contributed by atoms with Crippen molar-refractivity contribution in [2.24, 2.45) is 10.1 Å². The van der Waals surface area contributed by atoms with Crippen molar-refractivity contribution in [1.82, 2.24) is 10.3 Å². The minimum absolute atomic E-state index is 0.102. The molecule has 1 aliphatic rings. The summed E-state index contributed by atoms with van der Waals surface area (Å²) >= 11 is 0. The first-order valence-corrected chi connectivity index (χ1v) is 12.0. The molecule has 0 aliphatic carbocycles. The Hall–Kier alpha value is -3.92. The van der Waals surface area contributed by atoms with Gasteiger partial charge in [-0.15, -0.1) is 4.40 Å². The number of nitrogens with two attached hydrogens (primary N) is 1. The molecular formula is C24H25N5O4S. The molecule has 2 aromatic carbocycles. The third-order valence-electron chi connectivity index (χ3n) is 5.12. The fourth-order valence-corrected chi connectivity index (χ4v) is 4.39. The average molecular weight is 480 g/mol. The molecule has 2 heterocycles. The maximum Gasteiger partial charge on any atom is 0.344 e. The van der Waals surface area contributed by atoms with Crippen molar-refractivity contribution in [3.8, 4) is 17.0 Å². The third kappa shape index (κ3) is 5.18. The summed E-state index contributed by atoms with van der Waals surface area (Å²) in [5.74, 6) is -0.0744. The van der Waals surface area contributed by atoms with Gasteiger partial charge in [0.25, 0.3) is 5.91 Å².